The first kappa shape index (κ1) is 73.5. The van der Waals surface area contributed by atoms with Gasteiger partial charge in [-0.1, -0.05) is 264 Å². The first-order valence-electron chi connectivity index (χ1n) is 32.2. The highest BCUT2D eigenvalue weighted by Crippen LogP contribution is 2.15. The van der Waals surface area contributed by atoms with Crippen LogP contribution in [-0.2, 0) is 28.6 Å². The van der Waals surface area contributed by atoms with Crippen molar-refractivity contribution in [2.75, 3.05) is 13.2 Å². The molecule has 0 rings (SSSR count). The maximum absolute atomic E-state index is 12.9. The highest BCUT2D eigenvalue weighted by molar-refractivity contribution is 5.71. The Bertz CT molecular complexity index is 1670. The largest absolute Gasteiger partial charge is 0.462 e. The fourth-order valence-electron chi connectivity index (χ4n) is 8.55. The Labute approximate surface area is 481 Å². The van der Waals surface area contributed by atoms with Crippen molar-refractivity contribution in [3.05, 3.63) is 134 Å². The van der Waals surface area contributed by atoms with Crippen LogP contribution in [0.2, 0.25) is 0 Å². The molecule has 1 atom stereocenters. The van der Waals surface area contributed by atoms with E-state index in [1.54, 1.807) is 0 Å². The second-order valence-corrected chi connectivity index (χ2v) is 20.9. The molecule has 6 heteroatoms. The minimum Gasteiger partial charge on any atom is -0.462 e. The first-order valence-corrected chi connectivity index (χ1v) is 32.2. The monoisotopic (exact) mass is 1080 g/mol. The van der Waals surface area contributed by atoms with E-state index in [-0.39, 0.29) is 31.1 Å². The highest BCUT2D eigenvalue weighted by atomic mass is 16.6. The summed E-state index contributed by atoms with van der Waals surface area (Å²) in [6.45, 7) is 6.42. The van der Waals surface area contributed by atoms with Gasteiger partial charge in [-0.05, 0) is 135 Å². The number of ether oxygens (including phenoxy) is 3. The minimum atomic E-state index is -0.798. The molecular weight excluding hydrogens is 961 g/mol. The summed E-state index contributed by atoms with van der Waals surface area (Å²) >= 11 is 0. The summed E-state index contributed by atoms with van der Waals surface area (Å²) in [7, 11) is 0. The molecule has 0 aliphatic rings. The van der Waals surface area contributed by atoms with E-state index >= 15 is 0 Å². The number of carbonyl (C=O) groups excluding carboxylic acids is 3. The van der Waals surface area contributed by atoms with Gasteiger partial charge in [0, 0.05) is 19.3 Å². The molecule has 78 heavy (non-hydrogen) atoms. The van der Waals surface area contributed by atoms with Gasteiger partial charge in [-0.3, -0.25) is 14.4 Å². The third kappa shape index (κ3) is 62.4. The van der Waals surface area contributed by atoms with Crippen LogP contribution < -0.4 is 0 Å². The Morgan fingerprint density at radius 1 is 0.269 bits per heavy atom. The summed E-state index contributed by atoms with van der Waals surface area (Å²) in [4.78, 5) is 38.3. The molecule has 0 amide bonds. The number of allylic oxidation sites excluding steroid dienone is 22. The smallest absolute Gasteiger partial charge is 0.306 e. The number of unbranched alkanes of at least 4 members (excludes halogenated alkanes) is 24. The van der Waals surface area contributed by atoms with Crippen LogP contribution in [0.5, 0.6) is 0 Å². The van der Waals surface area contributed by atoms with Crippen LogP contribution in [0, 0.1) is 0 Å². The highest BCUT2D eigenvalue weighted by Gasteiger charge is 2.19. The molecule has 442 valence electrons. The number of hydrogen-bond acceptors (Lipinski definition) is 6. The summed E-state index contributed by atoms with van der Waals surface area (Å²) in [5.74, 6) is -0.925. The van der Waals surface area contributed by atoms with Gasteiger partial charge in [0.15, 0.2) is 6.10 Å². The van der Waals surface area contributed by atoms with Gasteiger partial charge in [0.25, 0.3) is 0 Å². The average Bonchev–Trinajstić information content (AvgIpc) is 3.44. The molecule has 1 unspecified atom stereocenters. The van der Waals surface area contributed by atoms with Gasteiger partial charge in [0.1, 0.15) is 13.2 Å². The van der Waals surface area contributed by atoms with Gasteiger partial charge >= 0.3 is 17.9 Å². The molecule has 0 aliphatic heterocycles. The Morgan fingerprint density at radius 3 is 0.833 bits per heavy atom. The zero-order valence-electron chi connectivity index (χ0n) is 50.6. The van der Waals surface area contributed by atoms with Crippen LogP contribution in [-0.4, -0.2) is 37.2 Å². The molecule has 6 nitrogen and oxygen atoms in total. The summed E-state index contributed by atoms with van der Waals surface area (Å²) < 4.78 is 16.9. The summed E-state index contributed by atoms with van der Waals surface area (Å²) in [6, 6.07) is 0. The molecule has 0 fully saturated rings. The van der Waals surface area contributed by atoms with Gasteiger partial charge in [-0.2, -0.15) is 0 Å². The molecular formula is C72H118O6. The lowest BCUT2D eigenvalue weighted by molar-refractivity contribution is -0.167. The standard InChI is InChI=1S/C72H118O6/c1-4-7-10-13-16-19-22-25-27-29-31-32-33-34-35-36-37-38-39-40-41-43-44-47-50-53-56-59-62-65-71(74)77-68-69(67-76-70(73)64-61-58-55-52-49-46-24-21-18-15-12-9-6-3)78-72(75)66-63-60-57-54-51-48-45-42-30-28-26-23-20-17-14-11-8-5-2/h7,10,12,15-16,19-21,23-25,27-28,30-32,34-35,37-38,40-41,69H,4-6,8-9,11,13-14,17-18,22,26,29,33,36,39,42-68H2,1-3H3/b10-7-,15-12-,19-16-,23-20-,24-21-,27-25-,30-28-,32-31-,35-34-,38-37-,41-40-. The average molecular weight is 1080 g/mol. The molecule has 0 spiro atoms. The van der Waals surface area contributed by atoms with E-state index in [2.05, 4.69) is 154 Å². The quantitative estimate of drug-likeness (QED) is 0.0261. The maximum Gasteiger partial charge on any atom is 0.306 e. The summed E-state index contributed by atoms with van der Waals surface area (Å²) in [6.07, 6.45) is 91.6. The molecule has 0 N–H and O–H groups in total. The van der Waals surface area contributed by atoms with Crippen LogP contribution in [0.15, 0.2) is 134 Å². The van der Waals surface area contributed by atoms with E-state index in [9.17, 15) is 14.4 Å². The van der Waals surface area contributed by atoms with Crippen molar-refractivity contribution in [2.45, 2.75) is 290 Å². The summed E-state index contributed by atoms with van der Waals surface area (Å²) in [5, 5.41) is 0. The third-order valence-corrected chi connectivity index (χ3v) is 13.3. The van der Waals surface area contributed by atoms with Gasteiger partial charge in [0.2, 0.25) is 0 Å². The molecule has 0 bridgehead atoms. The lowest BCUT2D eigenvalue weighted by atomic mass is 10.1. The first-order chi connectivity index (χ1) is 38.5. The molecule has 0 aromatic heterocycles. The van der Waals surface area contributed by atoms with E-state index < -0.39 is 6.10 Å². The van der Waals surface area contributed by atoms with Crippen molar-refractivity contribution in [1.82, 2.24) is 0 Å². The van der Waals surface area contributed by atoms with Crippen molar-refractivity contribution in [3.63, 3.8) is 0 Å². The topological polar surface area (TPSA) is 78.9 Å². The van der Waals surface area contributed by atoms with Crippen molar-refractivity contribution in [1.29, 1.82) is 0 Å². The molecule has 0 radical (unpaired) electrons. The van der Waals surface area contributed by atoms with Crippen molar-refractivity contribution in [2.24, 2.45) is 0 Å². The lowest BCUT2D eigenvalue weighted by Crippen LogP contribution is -2.30. The molecule has 0 heterocycles. The van der Waals surface area contributed by atoms with Crippen LogP contribution in [0.25, 0.3) is 0 Å². The lowest BCUT2D eigenvalue weighted by Gasteiger charge is -2.18. The summed E-state index contributed by atoms with van der Waals surface area (Å²) in [5.41, 5.74) is 0. The predicted octanol–water partition coefficient (Wildman–Crippen LogP) is 22.2. The van der Waals surface area contributed by atoms with E-state index in [1.165, 1.54) is 89.9 Å². The van der Waals surface area contributed by atoms with E-state index in [4.69, 9.17) is 14.2 Å². The van der Waals surface area contributed by atoms with E-state index in [1.807, 2.05) is 0 Å². The van der Waals surface area contributed by atoms with E-state index in [0.29, 0.717) is 19.3 Å². The number of carbonyl (C=O) groups is 3. The van der Waals surface area contributed by atoms with Crippen molar-refractivity contribution < 1.29 is 28.6 Å². The number of hydrogen-bond donors (Lipinski definition) is 0. The van der Waals surface area contributed by atoms with Crippen molar-refractivity contribution >= 4 is 17.9 Å². The van der Waals surface area contributed by atoms with Gasteiger partial charge in [-0.25, -0.2) is 0 Å². The molecule has 0 saturated heterocycles. The third-order valence-electron chi connectivity index (χ3n) is 13.3. The maximum atomic E-state index is 12.9. The zero-order chi connectivity index (χ0) is 56.4. The van der Waals surface area contributed by atoms with Gasteiger partial charge < -0.3 is 14.2 Å². The van der Waals surface area contributed by atoms with Crippen molar-refractivity contribution in [3.8, 4) is 0 Å². The number of rotatable bonds is 57. The van der Waals surface area contributed by atoms with Crippen LogP contribution in [0.1, 0.15) is 284 Å². The Morgan fingerprint density at radius 2 is 0.526 bits per heavy atom. The Kier molecular flexibility index (Phi) is 61.4. The Balaban J connectivity index is 4.36. The molecule has 0 aliphatic carbocycles. The molecule has 0 aromatic carbocycles. The second-order valence-electron chi connectivity index (χ2n) is 20.9. The SMILES string of the molecule is CC/C=C\C/C=C\C/C=C\C/C=C\C/C=C\C/C=C\C/C=C\CCCCCCCCCC(=O)OCC(COC(=O)CCCCCCC/C=C\C/C=C\CCC)OC(=O)CCCCCCCCC/C=C\C/C=C\CCCCCC. The van der Waals surface area contributed by atoms with Crippen LogP contribution in [0.4, 0.5) is 0 Å². The molecule has 0 aromatic rings. The van der Waals surface area contributed by atoms with Crippen LogP contribution >= 0.6 is 0 Å². The van der Waals surface area contributed by atoms with E-state index in [0.717, 1.165) is 154 Å². The van der Waals surface area contributed by atoms with Gasteiger partial charge in [-0.15, -0.1) is 0 Å². The normalized spacial score (nSPS) is 13.0. The number of esters is 3. The second kappa shape index (κ2) is 65.1. The van der Waals surface area contributed by atoms with Crippen LogP contribution in [0.3, 0.4) is 0 Å². The predicted molar refractivity (Wildman–Crippen MR) is 339 cm³/mol. The Hall–Kier alpha value is -4.45. The zero-order valence-corrected chi connectivity index (χ0v) is 50.6. The molecule has 0 saturated carbocycles. The minimum absolute atomic E-state index is 0.0951. The fourth-order valence-corrected chi connectivity index (χ4v) is 8.55. The fraction of sp³-hybridized carbons (Fsp3) is 0.653. The van der Waals surface area contributed by atoms with Gasteiger partial charge in [0.05, 0.1) is 0 Å².